The van der Waals surface area contributed by atoms with Crippen LogP contribution in [0.3, 0.4) is 0 Å². The largest absolute Gasteiger partial charge is 0.326 e. The molecule has 0 aromatic rings. The first kappa shape index (κ1) is 15.0. The molecule has 0 aromatic heterocycles. The maximum absolute atomic E-state index is 6.26. The van der Waals surface area contributed by atoms with Gasteiger partial charge in [0.25, 0.3) is 0 Å². The zero-order valence-corrected chi connectivity index (χ0v) is 12.7. The topological polar surface area (TPSA) is 29.3 Å². The van der Waals surface area contributed by atoms with Gasteiger partial charge in [-0.1, -0.05) is 41.5 Å². The summed E-state index contributed by atoms with van der Waals surface area (Å²) < 4.78 is 0. The zero-order chi connectivity index (χ0) is 13.3. The molecule has 1 fully saturated rings. The van der Waals surface area contributed by atoms with Crippen molar-refractivity contribution >= 4 is 0 Å². The molecule has 2 N–H and O–H groups in total. The van der Waals surface area contributed by atoms with Crippen molar-refractivity contribution in [2.75, 3.05) is 19.6 Å². The average molecular weight is 240 g/mol. The maximum atomic E-state index is 6.26. The third-order valence-electron chi connectivity index (χ3n) is 4.38. The number of nitrogens with zero attached hydrogens (tertiary/aromatic N) is 1. The highest BCUT2D eigenvalue weighted by atomic mass is 15.1. The Hall–Kier alpha value is -0.0800. The van der Waals surface area contributed by atoms with E-state index in [0.717, 1.165) is 12.5 Å². The third-order valence-corrected chi connectivity index (χ3v) is 4.38. The van der Waals surface area contributed by atoms with E-state index in [0.29, 0.717) is 5.41 Å². The molecule has 0 amide bonds. The molecule has 0 spiro atoms. The Morgan fingerprint density at radius 2 is 1.53 bits per heavy atom. The predicted octanol–water partition coefficient (Wildman–Crippen LogP) is 3.12. The maximum Gasteiger partial charge on any atom is 0.0217 e. The van der Waals surface area contributed by atoms with Gasteiger partial charge in [0.05, 0.1) is 0 Å². The molecule has 0 saturated carbocycles. The summed E-state index contributed by atoms with van der Waals surface area (Å²) in [5.74, 6) is 0.879. The van der Waals surface area contributed by atoms with Crippen LogP contribution in [0.1, 0.15) is 54.4 Å². The van der Waals surface area contributed by atoms with E-state index in [-0.39, 0.29) is 11.5 Å². The highest BCUT2D eigenvalue weighted by Crippen LogP contribution is 2.34. The van der Waals surface area contributed by atoms with E-state index in [1.165, 1.54) is 25.9 Å². The summed E-state index contributed by atoms with van der Waals surface area (Å²) in [6, 6.07) is 0.286. The van der Waals surface area contributed by atoms with E-state index in [4.69, 9.17) is 5.73 Å². The smallest absolute Gasteiger partial charge is 0.0217 e. The van der Waals surface area contributed by atoms with Gasteiger partial charge in [-0.3, -0.25) is 0 Å². The molecule has 2 nitrogen and oxygen atoms in total. The summed E-state index contributed by atoms with van der Waals surface area (Å²) in [4.78, 5) is 2.55. The molecule has 102 valence electrons. The Kier molecular flexibility index (Phi) is 4.65. The van der Waals surface area contributed by atoms with Crippen molar-refractivity contribution in [3.8, 4) is 0 Å². The second kappa shape index (κ2) is 5.27. The molecule has 1 saturated heterocycles. The minimum atomic E-state index is 0.223. The van der Waals surface area contributed by atoms with Gasteiger partial charge in [0, 0.05) is 12.6 Å². The number of rotatable bonds is 2. The molecule has 0 aromatic carbocycles. The molecular formula is C15H32N2. The molecule has 1 aliphatic rings. The SMILES string of the molecule is CC(C)(C)C1CCN(C[C@H](N)C(C)(C)C)CC1. The van der Waals surface area contributed by atoms with Crippen LogP contribution < -0.4 is 5.73 Å². The van der Waals surface area contributed by atoms with Gasteiger partial charge in [0.1, 0.15) is 0 Å². The number of likely N-dealkylation sites (tertiary alicyclic amines) is 1. The Bertz CT molecular complexity index is 226. The van der Waals surface area contributed by atoms with Crippen LogP contribution in [0.25, 0.3) is 0 Å². The number of nitrogens with two attached hydrogens (primary N) is 1. The summed E-state index contributed by atoms with van der Waals surface area (Å²) in [6.45, 7) is 17.3. The summed E-state index contributed by atoms with van der Waals surface area (Å²) in [7, 11) is 0. The fraction of sp³-hybridized carbons (Fsp3) is 1.00. The molecule has 1 aliphatic heterocycles. The van der Waals surface area contributed by atoms with Gasteiger partial charge in [0.2, 0.25) is 0 Å². The van der Waals surface area contributed by atoms with E-state index in [1.807, 2.05) is 0 Å². The summed E-state index contributed by atoms with van der Waals surface area (Å²) >= 11 is 0. The molecule has 2 heteroatoms. The van der Waals surface area contributed by atoms with Crippen molar-refractivity contribution in [2.24, 2.45) is 22.5 Å². The lowest BCUT2D eigenvalue weighted by Gasteiger charge is -2.41. The van der Waals surface area contributed by atoms with Crippen LogP contribution in [-0.4, -0.2) is 30.6 Å². The fourth-order valence-electron chi connectivity index (χ4n) is 2.53. The molecule has 1 rings (SSSR count). The van der Waals surface area contributed by atoms with Crippen LogP contribution in [0, 0.1) is 16.7 Å². The van der Waals surface area contributed by atoms with Crippen LogP contribution >= 0.6 is 0 Å². The third kappa shape index (κ3) is 4.59. The van der Waals surface area contributed by atoms with E-state index in [2.05, 4.69) is 46.4 Å². The van der Waals surface area contributed by atoms with Gasteiger partial charge < -0.3 is 10.6 Å². The van der Waals surface area contributed by atoms with E-state index < -0.39 is 0 Å². The van der Waals surface area contributed by atoms with Gasteiger partial charge in [-0.25, -0.2) is 0 Å². The predicted molar refractivity (Wildman–Crippen MR) is 76.0 cm³/mol. The lowest BCUT2D eigenvalue weighted by atomic mass is 9.75. The Balaban J connectivity index is 2.38. The van der Waals surface area contributed by atoms with Crippen LogP contribution in [0.5, 0.6) is 0 Å². The summed E-state index contributed by atoms with van der Waals surface area (Å²) in [5, 5.41) is 0. The molecule has 0 radical (unpaired) electrons. The van der Waals surface area contributed by atoms with Crippen molar-refractivity contribution in [1.29, 1.82) is 0 Å². The van der Waals surface area contributed by atoms with Crippen LogP contribution in [0.15, 0.2) is 0 Å². The minimum absolute atomic E-state index is 0.223. The Labute approximate surface area is 108 Å². The lowest BCUT2D eigenvalue weighted by molar-refractivity contribution is 0.0968. The molecule has 0 bridgehead atoms. The highest BCUT2D eigenvalue weighted by Gasteiger charge is 2.30. The van der Waals surface area contributed by atoms with Crippen LogP contribution in [0.4, 0.5) is 0 Å². The molecule has 1 heterocycles. The van der Waals surface area contributed by atoms with Gasteiger partial charge in [-0.2, -0.15) is 0 Å². The van der Waals surface area contributed by atoms with E-state index in [9.17, 15) is 0 Å². The van der Waals surface area contributed by atoms with Crippen LogP contribution in [0.2, 0.25) is 0 Å². The minimum Gasteiger partial charge on any atom is -0.326 e. The van der Waals surface area contributed by atoms with Crippen molar-refractivity contribution in [2.45, 2.75) is 60.4 Å². The molecule has 0 unspecified atom stereocenters. The first-order valence-corrected chi connectivity index (χ1v) is 7.08. The second-order valence-electron chi connectivity index (χ2n) is 7.91. The first-order chi connectivity index (χ1) is 7.60. The van der Waals surface area contributed by atoms with Gasteiger partial charge in [-0.05, 0) is 42.7 Å². The van der Waals surface area contributed by atoms with Crippen LogP contribution in [-0.2, 0) is 0 Å². The van der Waals surface area contributed by atoms with Crippen molar-refractivity contribution in [3.63, 3.8) is 0 Å². The summed E-state index contributed by atoms with van der Waals surface area (Å²) in [6.07, 6.45) is 2.67. The van der Waals surface area contributed by atoms with Crippen molar-refractivity contribution in [3.05, 3.63) is 0 Å². The quantitative estimate of drug-likeness (QED) is 0.803. The Morgan fingerprint density at radius 1 is 1.06 bits per heavy atom. The molecule has 17 heavy (non-hydrogen) atoms. The number of hydrogen-bond donors (Lipinski definition) is 1. The second-order valence-corrected chi connectivity index (χ2v) is 7.91. The fourth-order valence-corrected chi connectivity index (χ4v) is 2.53. The van der Waals surface area contributed by atoms with Crippen molar-refractivity contribution in [1.82, 2.24) is 4.90 Å². The standard InChI is InChI=1S/C15H32N2/c1-14(2,3)12-7-9-17(10-8-12)11-13(16)15(4,5)6/h12-13H,7-11,16H2,1-6H3/t13-/m0/s1. The van der Waals surface area contributed by atoms with E-state index >= 15 is 0 Å². The van der Waals surface area contributed by atoms with E-state index in [1.54, 1.807) is 0 Å². The Morgan fingerprint density at radius 3 is 1.88 bits per heavy atom. The van der Waals surface area contributed by atoms with Gasteiger partial charge >= 0.3 is 0 Å². The van der Waals surface area contributed by atoms with Crippen molar-refractivity contribution < 1.29 is 0 Å². The highest BCUT2D eigenvalue weighted by molar-refractivity contribution is 4.85. The molecule has 0 aliphatic carbocycles. The first-order valence-electron chi connectivity index (χ1n) is 7.08. The summed E-state index contributed by atoms with van der Waals surface area (Å²) in [5.41, 5.74) is 6.95. The molecular weight excluding hydrogens is 208 g/mol. The van der Waals surface area contributed by atoms with Gasteiger partial charge in [-0.15, -0.1) is 0 Å². The number of piperidine rings is 1. The zero-order valence-electron chi connectivity index (χ0n) is 12.7. The molecule has 1 atom stereocenters. The average Bonchev–Trinajstić information content (AvgIpc) is 2.15. The number of hydrogen-bond acceptors (Lipinski definition) is 2. The lowest BCUT2D eigenvalue weighted by Crippen LogP contribution is -2.48. The monoisotopic (exact) mass is 240 g/mol. The normalized spacial score (nSPS) is 22.8. The van der Waals surface area contributed by atoms with Gasteiger partial charge in [0.15, 0.2) is 0 Å².